The van der Waals surface area contributed by atoms with Crippen molar-refractivity contribution in [2.45, 2.75) is 59.8 Å². The maximum absolute atomic E-state index is 9.70. The maximum atomic E-state index is 9.70. The van der Waals surface area contributed by atoms with E-state index < -0.39 is 0 Å². The summed E-state index contributed by atoms with van der Waals surface area (Å²) in [5, 5.41) is 27.6. The number of aromatic amines is 1. The summed E-state index contributed by atoms with van der Waals surface area (Å²) in [6.07, 6.45) is 5.95. The van der Waals surface area contributed by atoms with Gasteiger partial charge in [0.1, 0.15) is 6.61 Å². The van der Waals surface area contributed by atoms with Crippen molar-refractivity contribution < 1.29 is 9.84 Å². The van der Waals surface area contributed by atoms with Gasteiger partial charge >= 0.3 is 0 Å². The summed E-state index contributed by atoms with van der Waals surface area (Å²) in [6.45, 7) is 12.2. The first-order valence-electron chi connectivity index (χ1n) is 12.4. The van der Waals surface area contributed by atoms with Crippen LogP contribution in [0.1, 0.15) is 49.1 Å². The molecule has 0 fully saturated rings. The van der Waals surface area contributed by atoms with E-state index in [0.717, 1.165) is 50.7 Å². The largest absolute Gasteiger partial charge is 0.476 e. The fourth-order valence-electron chi connectivity index (χ4n) is 5.11. The average molecular weight is 491 g/mol. The van der Waals surface area contributed by atoms with Crippen LogP contribution in [-0.2, 0) is 20.1 Å². The van der Waals surface area contributed by atoms with Crippen LogP contribution in [0, 0.1) is 13.8 Å². The average Bonchev–Trinajstić information content (AvgIpc) is 3.46. The minimum atomic E-state index is 0.0276. The molecular formula is C26H34N8O2. The number of rotatable bonds is 3. The highest BCUT2D eigenvalue weighted by atomic mass is 16.5. The lowest BCUT2D eigenvalue weighted by Gasteiger charge is -2.33. The van der Waals surface area contributed by atoms with Crippen LogP contribution in [0.15, 0.2) is 12.3 Å². The number of hydrogen-bond acceptors (Lipinski definition) is 7. The Balaban J connectivity index is 1.72. The lowest BCUT2D eigenvalue weighted by Crippen LogP contribution is -2.42. The van der Waals surface area contributed by atoms with Gasteiger partial charge in [0.2, 0.25) is 5.88 Å². The predicted molar refractivity (Wildman–Crippen MR) is 139 cm³/mol. The standard InChI is InChI=1S/C26H34N8O2/c1-15(2)33-13-23-20(17(4)31-34(23)9-10-35)7-8-22-21-11-19(12-27-25(21)29-28-22)24-18(5)30-32(6)26(24)36-14-16(33)3/h7-8,11-12,15-16,35H,9-10,13-14H2,1-6H3,(H,27,28,29)/b8-7+/t16-/m1/s1. The van der Waals surface area contributed by atoms with E-state index in [-0.39, 0.29) is 18.7 Å². The van der Waals surface area contributed by atoms with Crippen molar-refractivity contribution >= 4 is 23.2 Å². The van der Waals surface area contributed by atoms with Crippen LogP contribution in [0.5, 0.6) is 5.88 Å². The van der Waals surface area contributed by atoms with Crippen LogP contribution in [0.4, 0.5) is 0 Å². The van der Waals surface area contributed by atoms with E-state index in [1.54, 1.807) is 4.68 Å². The van der Waals surface area contributed by atoms with E-state index in [1.807, 2.05) is 37.8 Å². The minimum absolute atomic E-state index is 0.0276. The van der Waals surface area contributed by atoms with Crippen molar-refractivity contribution in [1.82, 2.24) is 39.6 Å². The van der Waals surface area contributed by atoms with Gasteiger partial charge in [0.05, 0.1) is 41.5 Å². The Bertz CT molecular complexity index is 1430. The van der Waals surface area contributed by atoms with Crippen molar-refractivity contribution in [2.24, 2.45) is 7.05 Å². The molecule has 0 radical (unpaired) electrons. The molecule has 0 saturated carbocycles. The first kappa shape index (κ1) is 24.2. The molecule has 5 heterocycles. The van der Waals surface area contributed by atoms with Crippen molar-refractivity contribution in [3.63, 3.8) is 0 Å². The molecule has 0 aliphatic carbocycles. The molecule has 10 heteroatoms. The van der Waals surface area contributed by atoms with Crippen LogP contribution in [-0.4, -0.2) is 70.0 Å². The first-order valence-corrected chi connectivity index (χ1v) is 12.4. The maximum Gasteiger partial charge on any atom is 0.219 e. The van der Waals surface area contributed by atoms with Gasteiger partial charge in [-0.15, -0.1) is 0 Å². The Kier molecular flexibility index (Phi) is 6.40. The van der Waals surface area contributed by atoms with E-state index in [2.05, 4.69) is 58.1 Å². The molecule has 0 unspecified atom stereocenters. The molecule has 0 amide bonds. The molecule has 1 atom stereocenters. The second-order valence-electron chi connectivity index (χ2n) is 9.77. The molecule has 0 saturated heterocycles. The van der Waals surface area contributed by atoms with Crippen LogP contribution >= 0.6 is 0 Å². The van der Waals surface area contributed by atoms with E-state index in [4.69, 9.17) is 9.84 Å². The van der Waals surface area contributed by atoms with E-state index in [9.17, 15) is 5.11 Å². The van der Waals surface area contributed by atoms with E-state index in [0.29, 0.717) is 25.3 Å². The van der Waals surface area contributed by atoms with Gasteiger partial charge in [-0.05, 0) is 52.8 Å². The monoisotopic (exact) mass is 490 g/mol. The van der Waals surface area contributed by atoms with Crippen molar-refractivity contribution in [2.75, 3.05) is 13.2 Å². The Morgan fingerprint density at radius 2 is 2.00 bits per heavy atom. The number of pyridine rings is 1. The number of hydrogen-bond donors (Lipinski definition) is 2. The van der Waals surface area contributed by atoms with Crippen LogP contribution in [0.25, 0.3) is 34.3 Å². The second-order valence-corrected chi connectivity index (χ2v) is 9.77. The van der Waals surface area contributed by atoms with Gasteiger partial charge in [-0.2, -0.15) is 15.3 Å². The molecule has 1 aliphatic rings. The quantitative estimate of drug-likeness (QED) is 0.453. The molecule has 1 aliphatic heterocycles. The number of aromatic nitrogens is 7. The topological polar surface area (TPSA) is 110 Å². The zero-order chi connectivity index (χ0) is 25.6. The minimum Gasteiger partial charge on any atom is -0.476 e. The fraction of sp³-hybridized carbons (Fsp3) is 0.462. The molecule has 2 N–H and O–H groups in total. The van der Waals surface area contributed by atoms with Crippen molar-refractivity contribution in [3.05, 3.63) is 40.6 Å². The first-order chi connectivity index (χ1) is 17.3. The molecule has 36 heavy (non-hydrogen) atoms. The highest BCUT2D eigenvalue weighted by Gasteiger charge is 2.25. The van der Waals surface area contributed by atoms with Gasteiger partial charge in [0.25, 0.3) is 0 Å². The molecule has 10 nitrogen and oxygen atoms in total. The summed E-state index contributed by atoms with van der Waals surface area (Å²) in [5.41, 5.74) is 7.32. The van der Waals surface area contributed by atoms with Gasteiger partial charge < -0.3 is 9.84 Å². The number of ether oxygens (including phenoxy) is 1. The van der Waals surface area contributed by atoms with Crippen LogP contribution in [0.3, 0.4) is 0 Å². The SMILES string of the molecule is Cc1nn(CCO)c2c1/C=C/c1[nH]nc3ncc(cc13)-c1c(C)nn(C)c1OC[C@@H](C)N(C(C)C)C2. The number of H-pyrrole nitrogens is 1. The number of aliphatic hydroxyl groups excluding tert-OH is 1. The van der Waals surface area contributed by atoms with Crippen molar-refractivity contribution in [3.8, 4) is 17.0 Å². The smallest absolute Gasteiger partial charge is 0.219 e. The third-order valence-corrected chi connectivity index (χ3v) is 6.93. The molecule has 190 valence electrons. The second kappa shape index (κ2) is 9.51. The predicted octanol–water partition coefficient (Wildman–Crippen LogP) is 3.33. The molecule has 5 rings (SSSR count). The summed E-state index contributed by atoms with van der Waals surface area (Å²) in [6, 6.07) is 2.48. The normalized spacial score (nSPS) is 17.6. The van der Waals surface area contributed by atoms with Crippen LogP contribution < -0.4 is 4.74 Å². The third kappa shape index (κ3) is 4.20. The van der Waals surface area contributed by atoms with E-state index in [1.165, 1.54) is 0 Å². The summed E-state index contributed by atoms with van der Waals surface area (Å²) >= 11 is 0. The molecule has 4 aromatic heterocycles. The highest BCUT2D eigenvalue weighted by molar-refractivity contribution is 5.91. The molecule has 0 spiro atoms. The van der Waals surface area contributed by atoms with Gasteiger partial charge in [0, 0.05) is 48.4 Å². The lowest BCUT2D eigenvalue weighted by molar-refractivity contribution is 0.102. The number of nitrogens with one attached hydrogen (secondary N) is 1. The number of aliphatic hydroxyl groups is 1. The molecule has 4 aromatic rings. The third-order valence-electron chi connectivity index (χ3n) is 6.93. The zero-order valence-corrected chi connectivity index (χ0v) is 21.8. The number of fused-ring (bicyclic) bond motifs is 4. The summed E-state index contributed by atoms with van der Waals surface area (Å²) in [5.74, 6) is 0.724. The summed E-state index contributed by atoms with van der Waals surface area (Å²) < 4.78 is 10.2. The van der Waals surface area contributed by atoms with Gasteiger partial charge in [-0.1, -0.05) is 0 Å². The Morgan fingerprint density at radius 3 is 2.75 bits per heavy atom. The summed E-state index contributed by atoms with van der Waals surface area (Å²) in [7, 11) is 1.91. The Morgan fingerprint density at radius 1 is 1.19 bits per heavy atom. The Labute approximate surface area is 210 Å². The number of nitrogens with zero attached hydrogens (tertiary/aromatic N) is 7. The van der Waals surface area contributed by atoms with E-state index >= 15 is 0 Å². The summed E-state index contributed by atoms with van der Waals surface area (Å²) in [4.78, 5) is 7.01. The molecule has 2 bridgehead atoms. The highest BCUT2D eigenvalue weighted by Crippen LogP contribution is 2.35. The molecule has 0 aromatic carbocycles. The molecular weight excluding hydrogens is 456 g/mol. The van der Waals surface area contributed by atoms with Gasteiger partial charge in [-0.3, -0.25) is 14.7 Å². The van der Waals surface area contributed by atoms with Gasteiger partial charge in [0.15, 0.2) is 5.65 Å². The van der Waals surface area contributed by atoms with Crippen LogP contribution in [0.2, 0.25) is 0 Å². The Hall–Kier alpha value is -3.50. The fourth-order valence-corrected chi connectivity index (χ4v) is 5.11. The number of aryl methyl sites for hydroxylation is 3. The lowest BCUT2D eigenvalue weighted by atomic mass is 10.1. The van der Waals surface area contributed by atoms with Crippen molar-refractivity contribution in [1.29, 1.82) is 0 Å². The zero-order valence-electron chi connectivity index (χ0n) is 21.8. The van der Waals surface area contributed by atoms with Gasteiger partial charge in [-0.25, -0.2) is 9.67 Å².